The van der Waals surface area contributed by atoms with Crippen molar-refractivity contribution < 1.29 is 0 Å². The zero-order valence-corrected chi connectivity index (χ0v) is 19.9. The molecule has 2 N–H and O–H groups in total. The number of piperazine rings is 1. The molecule has 2 aromatic carbocycles. The number of aliphatic imine (C=N–C) groups is 1. The van der Waals surface area contributed by atoms with Crippen LogP contribution in [0.2, 0.25) is 0 Å². The third kappa shape index (κ3) is 7.95. The number of nitrogens with zero attached hydrogens (tertiary/aromatic N) is 3. The fourth-order valence-electron chi connectivity index (χ4n) is 3.47. The first-order valence-corrected chi connectivity index (χ1v) is 10.3. The second kappa shape index (κ2) is 12.8. The van der Waals surface area contributed by atoms with Gasteiger partial charge in [0.05, 0.1) is 0 Å². The molecule has 0 unspecified atom stereocenters. The predicted octanol–water partition coefficient (Wildman–Crippen LogP) is 3.31. The molecule has 0 amide bonds. The average Bonchev–Trinajstić information content (AvgIpc) is 2.76. The molecule has 0 spiro atoms. The molecule has 1 saturated heterocycles. The van der Waals surface area contributed by atoms with Gasteiger partial charge in [0.25, 0.3) is 0 Å². The normalized spacial score (nSPS) is 15.6. The van der Waals surface area contributed by atoms with Crippen molar-refractivity contribution in [2.75, 3.05) is 39.8 Å². The van der Waals surface area contributed by atoms with Crippen molar-refractivity contribution in [3.8, 4) is 0 Å². The number of nitrogens with one attached hydrogen (secondary N) is 2. The average molecular weight is 507 g/mol. The van der Waals surface area contributed by atoms with E-state index >= 15 is 0 Å². The quantitative estimate of drug-likeness (QED) is 0.343. The van der Waals surface area contributed by atoms with E-state index in [2.05, 4.69) is 80.9 Å². The van der Waals surface area contributed by atoms with E-state index in [1.165, 1.54) is 49.4 Å². The lowest BCUT2D eigenvalue weighted by Gasteiger charge is -2.34. The maximum Gasteiger partial charge on any atom is 0.191 e. The molecular weight excluding hydrogens is 473 g/mol. The van der Waals surface area contributed by atoms with Crippen LogP contribution in [0.25, 0.3) is 0 Å². The van der Waals surface area contributed by atoms with Crippen molar-refractivity contribution in [1.82, 2.24) is 20.4 Å². The first kappa shape index (κ1) is 23.6. The van der Waals surface area contributed by atoms with E-state index in [-0.39, 0.29) is 24.0 Å². The Balaban J connectivity index is 0.00000300. The van der Waals surface area contributed by atoms with E-state index in [0.29, 0.717) is 0 Å². The van der Waals surface area contributed by atoms with E-state index in [1.54, 1.807) is 0 Å². The molecule has 158 valence electrons. The molecule has 6 heteroatoms. The monoisotopic (exact) mass is 507 g/mol. The van der Waals surface area contributed by atoms with Crippen LogP contribution < -0.4 is 10.6 Å². The molecule has 0 radical (unpaired) electrons. The zero-order valence-electron chi connectivity index (χ0n) is 17.6. The number of guanidine groups is 1. The summed E-state index contributed by atoms with van der Waals surface area (Å²) in [4.78, 5) is 9.38. The number of hydrogen-bond donors (Lipinski definition) is 2. The lowest BCUT2D eigenvalue weighted by atomic mass is 10.1. The van der Waals surface area contributed by atoms with Crippen LogP contribution in [0.15, 0.2) is 59.6 Å². The Morgan fingerprint density at radius 2 is 1.31 bits per heavy atom. The summed E-state index contributed by atoms with van der Waals surface area (Å²) < 4.78 is 0. The molecule has 0 saturated carbocycles. The third-order valence-electron chi connectivity index (χ3n) is 5.33. The van der Waals surface area contributed by atoms with E-state index in [0.717, 1.165) is 25.6 Å². The minimum atomic E-state index is 0. The molecule has 3 rings (SSSR count). The highest BCUT2D eigenvalue weighted by molar-refractivity contribution is 14.0. The van der Waals surface area contributed by atoms with Gasteiger partial charge in [0.15, 0.2) is 5.96 Å². The molecule has 2 aromatic rings. The molecule has 5 nitrogen and oxygen atoms in total. The van der Waals surface area contributed by atoms with Crippen LogP contribution in [0.1, 0.15) is 23.6 Å². The molecule has 29 heavy (non-hydrogen) atoms. The van der Waals surface area contributed by atoms with Gasteiger partial charge in [0.1, 0.15) is 0 Å². The lowest BCUT2D eigenvalue weighted by Crippen LogP contribution is -2.45. The van der Waals surface area contributed by atoms with Gasteiger partial charge in [-0.3, -0.25) is 9.89 Å². The number of benzene rings is 2. The summed E-state index contributed by atoms with van der Waals surface area (Å²) in [5.74, 6) is 0.821. The summed E-state index contributed by atoms with van der Waals surface area (Å²) >= 11 is 0. The molecule has 1 aliphatic heterocycles. The molecule has 1 heterocycles. The van der Waals surface area contributed by atoms with Crippen LogP contribution in [0.4, 0.5) is 0 Å². The summed E-state index contributed by atoms with van der Waals surface area (Å²) in [6.07, 6.45) is 0. The number of halogens is 1. The van der Waals surface area contributed by atoms with E-state index < -0.39 is 0 Å². The van der Waals surface area contributed by atoms with E-state index in [9.17, 15) is 0 Å². The lowest BCUT2D eigenvalue weighted by molar-refractivity contribution is 0.132. The standard InChI is InChI=1S/C23H33N5.HI/c1-3-27-13-15-28(16-14-27)19-22-11-9-21(10-12-22)18-26-23(24-2)25-17-20-7-5-4-6-8-20;/h4-12H,3,13-19H2,1-2H3,(H2,24,25,26);1H. The minimum absolute atomic E-state index is 0. The third-order valence-corrected chi connectivity index (χ3v) is 5.33. The summed E-state index contributed by atoms with van der Waals surface area (Å²) in [6.45, 7) is 10.7. The van der Waals surface area contributed by atoms with Gasteiger partial charge in [-0.05, 0) is 23.2 Å². The predicted molar refractivity (Wildman–Crippen MR) is 133 cm³/mol. The molecule has 0 bridgehead atoms. The van der Waals surface area contributed by atoms with Crippen molar-refractivity contribution in [1.29, 1.82) is 0 Å². The van der Waals surface area contributed by atoms with Crippen molar-refractivity contribution >= 4 is 29.9 Å². The maximum atomic E-state index is 4.31. The molecule has 1 aliphatic rings. The largest absolute Gasteiger partial charge is 0.352 e. The van der Waals surface area contributed by atoms with Gasteiger partial charge in [-0.1, -0.05) is 61.5 Å². The van der Waals surface area contributed by atoms with Gasteiger partial charge >= 0.3 is 0 Å². The van der Waals surface area contributed by atoms with Gasteiger partial charge in [0.2, 0.25) is 0 Å². The van der Waals surface area contributed by atoms with Crippen LogP contribution >= 0.6 is 24.0 Å². The van der Waals surface area contributed by atoms with Crippen molar-refractivity contribution in [3.05, 3.63) is 71.3 Å². The van der Waals surface area contributed by atoms with Crippen molar-refractivity contribution in [3.63, 3.8) is 0 Å². The fourth-order valence-corrected chi connectivity index (χ4v) is 3.47. The highest BCUT2D eigenvalue weighted by atomic mass is 127. The minimum Gasteiger partial charge on any atom is -0.352 e. The van der Waals surface area contributed by atoms with Crippen LogP contribution in [-0.4, -0.2) is 55.5 Å². The topological polar surface area (TPSA) is 42.9 Å². The highest BCUT2D eigenvalue weighted by Crippen LogP contribution is 2.10. The summed E-state index contributed by atoms with van der Waals surface area (Å²) in [7, 11) is 1.81. The molecule has 0 atom stereocenters. The number of rotatable bonds is 7. The van der Waals surface area contributed by atoms with Crippen LogP contribution in [-0.2, 0) is 19.6 Å². The summed E-state index contributed by atoms with van der Waals surface area (Å²) in [6, 6.07) is 19.3. The van der Waals surface area contributed by atoms with E-state index in [1.807, 2.05) is 13.1 Å². The number of likely N-dealkylation sites (N-methyl/N-ethyl adjacent to an activating group) is 1. The fraction of sp³-hybridized carbons (Fsp3) is 0.435. The van der Waals surface area contributed by atoms with Gasteiger partial charge < -0.3 is 15.5 Å². The second-order valence-corrected chi connectivity index (χ2v) is 7.29. The molecule has 0 aromatic heterocycles. The van der Waals surface area contributed by atoms with Crippen molar-refractivity contribution in [2.24, 2.45) is 4.99 Å². The molecule has 0 aliphatic carbocycles. The Hall–Kier alpha value is -1.64. The Kier molecular flexibility index (Phi) is 10.5. The molecular formula is C23H34IN5. The Labute approximate surface area is 192 Å². The zero-order chi connectivity index (χ0) is 19.6. The SMILES string of the molecule is CCN1CCN(Cc2ccc(CNC(=NC)NCc3ccccc3)cc2)CC1.I. The first-order valence-electron chi connectivity index (χ1n) is 10.3. The Morgan fingerprint density at radius 3 is 1.86 bits per heavy atom. The van der Waals surface area contributed by atoms with Crippen LogP contribution in [0.3, 0.4) is 0 Å². The van der Waals surface area contributed by atoms with Crippen LogP contribution in [0, 0.1) is 0 Å². The highest BCUT2D eigenvalue weighted by Gasteiger charge is 2.15. The summed E-state index contributed by atoms with van der Waals surface area (Å²) in [5, 5.41) is 6.75. The maximum absolute atomic E-state index is 4.31. The van der Waals surface area contributed by atoms with Gasteiger partial charge in [0, 0.05) is 52.9 Å². The number of hydrogen-bond acceptors (Lipinski definition) is 3. The van der Waals surface area contributed by atoms with Gasteiger partial charge in [-0.15, -0.1) is 24.0 Å². The van der Waals surface area contributed by atoms with Gasteiger partial charge in [-0.2, -0.15) is 0 Å². The smallest absolute Gasteiger partial charge is 0.191 e. The Bertz CT molecular complexity index is 725. The first-order chi connectivity index (χ1) is 13.8. The van der Waals surface area contributed by atoms with Crippen molar-refractivity contribution in [2.45, 2.75) is 26.6 Å². The second-order valence-electron chi connectivity index (χ2n) is 7.29. The Morgan fingerprint density at radius 1 is 0.793 bits per heavy atom. The molecule has 1 fully saturated rings. The summed E-state index contributed by atoms with van der Waals surface area (Å²) in [5.41, 5.74) is 3.90. The van der Waals surface area contributed by atoms with Gasteiger partial charge in [-0.25, -0.2) is 0 Å². The van der Waals surface area contributed by atoms with E-state index in [4.69, 9.17) is 0 Å². The van der Waals surface area contributed by atoms with Crippen LogP contribution in [0.5, 0.6) is 0 Å².